The lowest BCUT2D eigenvalue weighted by molar-refractivity contribution is -0.143. The van der Waals surface area contributed by atoms with Gasteiger partial charge in [-0.3, -0.25) is 14.6 Å². The molecule has 6 heteroatoms. The summed E-state index contributed by atoms with van der Waals surface area (Å²) in [5.41, 5.74) is 2.68. The average molecular weight is 454 g/mol. The van der Waals surface area contributed by atoms with Crippen LogP contribution in [0.25, 0.3) is 0 Å². The molecule has 1 aromatic carbocycles. The van der Waals surface area contributed by atoms with E-state index in [0.29, 0.717) is 23.8 Å². The highest BCUT2D eigenvalue weighted by molar-refractivity contribution is 5.87. The average Bonchev–Trinajstić information content (AvgIpc) is 3.46. The number of halogens is 2. The van der Waals surface area contributed by atoms with E-state index in [1.54, 1.807) is 0 Å². The quantitative estimate of drug-likeness (QED) is 0.681. The summed E-state index contributed by atoms with van der Waals surface area (Å²) in [7, 11) is 2.27. The van der Waals surface area contributed by atoms with Crippen molar-refractivity contribution in [2.24, 2.45) is 11.8 Å². The molecule has 4 aliphatic rings. The van der Waals surface area contributed by atoms with Gasteiger partial charge in [0.05, 0.1) is 0 Å². The van der Waals surface area contributed by atoms with Crippen LogP contribution in [0.15, 0.2) is 24.3 Å². The number of nitrogens with zero attached hydrogens (tertiary/aromatic N) is 3. The number of carbonyl (C=O) groups is 1. The van der Waals surface area contributed by atoms with Gasteiger partial charge in [-0.1, -0.05) is 37.1 Å². The van der Waals surface area contributed by atoms with E-state index in [9.17, 15) is 4.79 Å². The zero-order valence-corrected chi connectivity index (χ0v) is 20.0. The van der Waals surface area contributed by atoms with Gasteiger partial charge < -0.3 is 4.90 Å². The number of fused-ring (bicyclic) bond motifs is 1. The summed E-state index contributed by atoms with van der Waals surface area (Å²) < 4.78 is 0. The molecule has 5 rings (SSSR count). The van der Waals surface area contributed by atoms with E-state index >= 15 is 0 Å². The van der Waals surface area contributed by atoms with Crippen LogP contribution in [0.2, 0.25) is 0 Å². The Morgan fingerprint density at radius 1 is 0.967 bits per heavy atom. The van der Waals surface area contributed by atoms with Gasteiger partial charge in [-0.2, -0.15) is 0 Å². The molecule has 1 aliphatic carbocycles. The minimum absolute atomic E-state index is 0. The maximum absolute atomic E-state index is 13.9. The minimum atomic E-state index is -0.167. The second kappa shape index (κ2) is 9.36. The molecule has 168 valence electrons. The largest absolute Gasteiger partial charge is 0.340 e. The summed E-state index contributed by atoms with van der Waals surface area (Å²) in [4.78, 5) is 21.2. The molecule has 0 spiro atoms. The Morgan fingerprint density at radius 2 is 1.63 bits per heavy atom. The van der Waals surface area contributed by atoms with Crippen LogP contribution in [0.5, 0.6) is 0 Å². The van der Waals surface area contributed by atoms with Crippen molar-refractivity contribution in [3.05, 3.63) is 35.4 Å². The third kappa shape index (κ3) is 3.79. The van der Waals surface area contributed by atoms with Crippen molar-refractivity contribution >= 4 is 30.7 Å². The van der Waals surface area contributed by atoms with Crippen molar-refractivity contribution < 1.29 is 4.79 Å². The monoisotopic (exact) mass is 453 g/mol. The highest BCUT2D eigenvalue weighted by Crippen LogP contribution is 2.47. The fourth-order valence-corrected chi connectivity index (χ4v) is 6.87. The number of aryl methyl sites for hydroxylation is 1. The minimum Gasteiger partial charge on any atom is -0.340 e. The van der Waals surface area contributed by atoms with Gasteiger partial charge in [-0.25, -0.2) is 0 Å². The van der Waals surface area contributed by atoms with E-state index < -0.39 is 0 Å². The summed E-state index contributed by atoms with van der Waals surface area (Å²) in [6.45, 7) is 7.51. The molecule has 3 aliphatic heterocycles. The van der Waals surface area contributed by atoms with E-state index in [-0.39, 0.29) is 30.4 Å². The van der Waals surface area contributed by atoms with E-state index in [0.717, 1.165) is 45.6 Å². The van der Waals surface area contributed by atoms with Crippen LogP contribution in [0.1, 0.15) is 55.7 Å². The van der Waals surface area contributed by atoms with Crippen LogP contribution in [-0.4, -0.2) is 65.9 Å². The molecule has 1 aromatic rings. The van der Waals surface area contributed by atoms with Crippen LogP contribution in [0.3, 0.4) is 0 Å². The Morgan fingerprint density at radius 3 is 2.30 bits per heavy atom. The van der Waals surface area contributed by atoms with Crippen molar-refractivity contribution in [1.82, 2.24) is 14.7 Å². The molecule has 3 heterocycles. The number of carbonyl (C=O) groups excluding carboxylic acids is 1. The Bertz CT molecular complexity index is 746. The normalized spacial score (nSPS) is 30.7. The Labute approximate surface area is 194 Å². The molecule has 4 fully saturated rings. The first-order valence-corrected chi connectivity index (χ1v) is 11.4. The Kier molecular flexibility index (Phi) is 7.44. The zero-order valence-electron chi connectivity index (χ0n) is 18.4. The third-order valence-electron chi connectivity index (χ3n) is 8.23. The Hall–Kier alpha value is -0.810. The number of hydrogen-bond donors (Lipinski definition) is 0. The smallest absolute Gasteiger partial charge is 0.243 e. The van der Waals surface area contributed by atoms with Crippen molar-refractivity contribution in [2.45, 2.75) is 57.0 Å². The first kappa shape index (κ1) is 23.8. The van der Waals surface area contributed by atoms with Crippen molar-refractivity contribution in [2.75, 3.05) is 39.8 Å². The molecular formula is C24H37Cl2N3O. The number of hydrogen-bond acceptors (Lipinski definition) is 3. The summed E-state index contributed by atoms with van der Waals surface area (Å²) in [5, 5.41) is 0. The van der Waals surface area contributed by atoms with Crippen LogP contribution >= 0.6 is 24.8 Å². The molecule has 3 atom stereocenters. The number of amides is 1. The fourth-order valence-electron chi connectivity index (χ4n) is 6.87. The van der Waals surface area contributed by atoms with Crippen LogP contribution in [0, 0.1) is 18.8 Å². The molecular weight excluding hydrogens is 417 g/mol. The summed E-state index contributed by atoms with van der Waals surface area (Å²) in [6.07, 6.45) is 7.13. The summed E-state index contributed by atoms with van der Waals surface area (Å²) in [6, 6.07) is 9.29. The van der Waals surface area contributed by atoms with Gasteiger partial charge in [0.1, 0.15) is 5.54 Å². The molecule has 0 unspecified atom stereocenters. The van der Waals surface area contributed by atoms with Crippen LogP contribution in [0.4, 0.5) is 0 Å². The number of benzene rings is 1. The molecule has 4 nitrogen and oxygen atoms in total. The van der Waals surface area contributed by atoms with Gasteiger partial charge in [0.2, 0.25) is 5.91 Å². The van der Waals surface area contributed by atoms with Gasteiger partial charge in [-0.15, -0.1) is 24.8 Å². The topological polar surface area (TPSA) is 26.8 Å². The first-order valence-electron chi connectivity index (χ1n) is 11.4. The standard InChI is InChI=1S/C24H35N3O.2ClH/c1-18-9-3-4-10-20(18)22-21-17-26(16-19(21)15-25(22)2)23(28)24(11-5-6-12-24)27-13-7-8-14-27;;/h3-4,9-10,19,21-22H,5-8,11-17H2,1-2H3;2*1H/t19-,21+,22-;;/m0../s1. The lowest BCUT2D eigenvalue weighted by Gasteiger charge is -2.40. The van der Waals surface area contributed by atoms with Gasteiger partial charge in [-0.05, 0) is 69.8 Å². The molecule has 3 saturated heterocycles. The number of rotatable bonds is 3. The predicted octanol–water partition coefficient (Wildman–Crippen LogP) is 4.31. The molecule has 0 radical (unpaired) electrons. The first-order chi connectivity index (χ1) is 13.6. The van der Waals surface area contributed by atoms with E-state index in [1.807, 2.05) is 0 Å². The maximum Gasteiger partial charge on any atom is 0.243 e. The van der Waals surface area contributed by atoms with E-state index in [4.69, 9.17) is 0 Å². The third-order valence-corrected chi connectivity index (χ3v) is 8.23. The van der Waals surface area contributed by atoms with Crippen molar-refractivity contribution in [3.8, 4) is 0 Å². The highest BCUT2D eigenvalue weighted by Gasteiger charge is 2.53. The summed E-state index contributed by atoms with van der Waals surface area (Å²) in [5.74, 6) is 1.66. The second-order valence-corrected chi connectivity index (χ2v) is 9.81. The van der Waals surface area contributed by atoms with Crippen molar-refractivity contribution in [1.29, 1.82) is 0 Å². The lowest BCUT2D eigenvalue weighted by atomic mass is 9.88. The molecule has 30 heavy (non-hydrogen) atoms. The zero-order chi connectivity index (χ0) is 19.3. The molecule has 0 aromatic heterocycles. The van der Waals surface area contributed by atoms with Gasteiger partial charge in [0.25, 0.3) is 0 Å². The maximum atomic E-state index is 13.9. The highest BCUT2D eigenvalue weighted by atomic mass is 35.5. The molecule has 0 N–H and O–H groups in total. The van der Waals surface area contributed by atoms with Gasteiger partial charge in [0, 0.05) is 31.6 Å². The summed E-state index contributed by atoms with van der Waals surface area (Å²) >= 11 is 0. The van der Waals surface area contributed by atoms with E-state index in [2.05, 4.69) is 52.9 Å². The van der Waals surface area contributed by atoms with Gasteiger partial charge >= 0.3 is 0 Å². The molecule has 1 saturated carbocycles. The Balaban J connectivity index is 0.00000128. The van der Waals surface area contributed by atoms with E-state index in [1.165, 1.54) is 36.8 Å². The number of likely N-dealkylation sites (tertiary alicyclic amines) is 3. The molecule has 0 bridgehead atoms. The fraction of sp³-hybridized carbons (Fsp3) is 0.708. The lowest BCUT2D eigenvalue weighted by Crippen LogP contribution is -2.57. The predicted molar refractivity (Wildman–Crippen MR) is 127 cm³/mol. The van der Waals surface area contributed by atoms with Crippen molar-refractivity contribution in [3.63, 3.8) is 0 Å². The second-order valence-electron chi connectivity index (χ2n) is 9.81. The van der Waals surface area contributed by atoms with Crippen LogP contribution < -0.4 is 0 Å². The molecule has 1 amide bonds. The van der Waals surface area contributed by atoms with Crippen LogP contribution in [-0.2, 0) is 4.79 Å². The SMILES string of the molecule is Cc1ccccc1[C@H]1[C@@H]2CN(C(=O)C3(N4CCCC4)CCCC3)C[C@@H]2CN1C.Cl.Cl. The van der Waals surface area contributed by atoms with Gasteiger partial charge in [0.15, 0.2) is 0 Å².